The van der Waals surface area contributed by atoms with Gasteiger partial charge >= 0.3 is 11.9 Å². The number of carboxylic acids is 1. The lowest BCUT2D eigenvalue weighted by Crippen LogP contribution is -2.52. The lowest BCUT2D eigenvalue weighted by Gasteiger charge is -2.22. The molecule has 2 rings (SSSR count). The largest absolute Gasteiger partial charge is 0.493 e. The number of hydrogen-bond donors (Lipinski definition) is 3. The molecule has 2 aromatic carbocycles. The van der Waals surface area contributed by atoms with Crippen molar-refractivity contribution >= 4 is 39.7 Å². The van der Waals surface area contributed by atoms with Gasteiger partial charge in [-0.15, -0.1) is 0 Å². The summed E-state index contributed by atoms with van der Waals surface area (Å²) < 4.78 is 21.4. The van der Waals surface area contributed by atoms with Crippen LogP contribution in [0.2, 0.25) is 0 Å². The molecule has 12 heteroatoms. The number of ether oxygens (including phenoxy) is 4. The maximum absolute atomic E-state index is 13.1. The van der Waals surface area contributed by atoms with Gasteiger partial charge in [-0.1, -0.05) is 28.1 Å². The Morgan fingerprint density at radius 2 is 1.49 bits per heavy atom. The average molecular weight is 581 g/mol. The number of rotatable bonds is 13. The second kappa shape index (κ2) is 14.1. The van der Waals surface area contributed by atoms with E-state index in [9.17, 15) is 19.2 Å². The summed E-state index contributed by atoms with van der Waals surface area (Å²) >= 11 is 3.34. The number of benzene rings is 2. The van der Waals surface area contributed by atoms with E-state index in [2.05, 4.69) is 26.6 Å². The van der Waals surface area contributed by atoms with Gasteiger partial charge in [0.15, 0.2) is 11.5 Å². The summed E-state index contributed by atoms with van der Waals surface area (Å²) in [7, 11) is 5.39. The number of carboxylic acid groups (broad SMARTS) is 1. The van der Waals surface area contributed by atoms with Crippen molar-refractivity contribution in [3.05, 3.63) is 52.0 Å². The Hall–Kier alpha value is -3.80. The molecular formula is C25H29BrN2O9. The fraction of sp³-hybridized carbons (Fsp3) is 0.360. The molecule has 200 valence electrons. The van der Waals surface area contributed by atoms with Crippen molar-refractivity contribution in [2.45, 2.75) is 31.3 Å². The maximum atomic E-state index is 13.1. The average Bonchev–Trinajstić information content (AvgIpc) is 2.89. The number of esters is 1. The second-order valence-electron chi connectivity index (χ2n) is 7.79. The molecule has 0 aromatic heterocycles. The topological polar surface area (TPSA) is 149 Å². The summed E-state index contributed by atoms with van der Waals surface area (Å²) in [6, 6.07) is 7.60. The van der Waals surface area contributed by atoms with Crippen LogP contribution in [0.15, 0.2) is 40.9 Å². The molecule has 0 aliphatic carbocycles. The van der Waals surface area contributed by atoms with Crippen LogP contribution in [0.1, 0.15) is 28.8 Å². The fourth-order valence-corrected chi connectivity index (χ4v) is 3.72. The first-order valence-electron chi connectivity index (χ1n) is 11.1. The highest BCUT2D eigenvalue weighted by Gasteiger charge is 2.29. The maximum Gasteiger partial charge on any atom is 0.328 e. The van der Waals surface area contributed by atoms with Crippen molar-refractivity contribution in [2.24, 2.45) is 0 Å². The summed E-state index contributed by atoms with van der Waals surface area (Å²) in [4.78, 5) is 49.8. The zero-order valence-electron chi connectivity index (χ0n) is 20.8. The predicted octanol–water partition coefficient (Wildman–Crippen LogP) is 2.34. The highest BCUT2D eigenvalue weighted by atomic mass is 79.9. The van der Waals surface area contributed by atoms with E-state index >= 15 is 0 Å². The Morgan fingerprint density at radius 3 is 1.97 bits per heavy atom. The lowest BCUT2D eigenvalue weighted by molar-refractivity contribution is -0.145. The van der Waals surface area contributed by atoms with Crippen LogP contribution in [0, 0.1) is 0 Å². The molecule has 2 aromatic rings. The molecule has 11 nitrogen and oxygen atoms in total. The lowest BCUT2D eigenvalue weighted by atomic mass is 10.0. The van der Waals surface area contributed by atoms with Gasteiger partial charge in [0, 0.05) is 22.9 Å². The van der Waals surface area contributed by atoms with Crippen molar-refractivity contribution in [1.82, 2.24) is 10.6 Å². The molecule has 0 saturated heterocycles. The van der Waals surface area contributed by atoms with Gasteiger partial charge in [0.2, 0.25) is 11.7 Å². The molecule has 0 aliphatic heterocycles. The highest BCUT2D eigenvalue weighted by Crippen LogP contribution is 2.38. The molecule has 2 atom stereocenters. The third-order valence-electron chi connectivity index (χ3n) is 5.35. The van der Waals surface area contributed by atoms with E-state index in [1.807, 2.05) is 0 Å². The van der Waals surface area contributed by atoms with Crippen molar-refractivity contribution in [3.8, 4) is 17.2 Å². The summed E-state index contributed by atoms with van der Waals surface area (Å²) in [5.41, 5.74) is 0.837. The number of carbonyl (C=O) groups excluding carboxylic acids is 3. The molecule has 0 unspecified atom stereocenters. The first kappa shape index (κ1) is 29.4. The Kier molecular flexibility index (Phi) is 11.2. The molecule has 0 aliphatic rings. The van der Waals surface area contributed by atoms with E-state index in [-0.39, 0.29) is 35.7 Å². The van der Waals surface area contributed by atoms with Crippen LogP contribution < -0.4 is 24.8 Å². The zero-order valence-corrected chi connectivity index (χ0v) is 22.4. The highest BCUT2D eigenvalue weighted by molar-refractivity contribution is 9.10. The molecule has 0 fully saturated rings. The molecule has 0 saturated carbocycles. The first-order chi connectivity index (χ1) is 17.6. The number of halogens is 1. The molecule has 3 N–H and O–H groups in total. The smallest absolute Gasteiger partial charge is 0.328 e. The van der Waals surface area contributed by atoms with Crippen molar-refractivity contribution in [2.75, 3.05) is 28.4 Å². The molecule has 37 heavy (non-hydrogen) atoms. The first-order valence-corrected chi connectivity index (χ1v) is 11.9. The number of amides is 2. The monoisotopic (exact) mass is 580 g/mol. The van der Waals surface area contributed by atoms with E-state index in [1.54, 1.807) is 24.3 Å². The van der Waals surface area contributed by atoms with Crippen LogP contribution in [0.4, 0.5) is 0 Å². The van der Waals surface area contributed by atoms with Crippen LogP contribution >= 0.6 is 15.9 Å². The number of methoxy groups -OCH3 is 4. The fourth-order valence-electron chi connectivity index (χ4n) is 3.45. The zero-order chi connectivity index (χ0) is 27.5. The van der Waals surface area contributed by atoms with E-state index in [4.69, 9.17) is 24.1 Å². The summed E-state index contributed by atoms with van der Waals surface area (Å²) in [6.07, 6.45) is -0.495. The van der Waals surface area contributed by atoms with Crippen molar-refractivity contribution < 1.29 is 43.2 Å². The quantitative estimate of drug-likeness (QED) is 0.303. The molecule has 0 heterocycles. The van der Waals surface area contributed by atoms with E-state index < -0.39 is 42.3 Å². The van der Waals surface area contributed by atoms with Crippen LogP contribution in [0.5, 0.6) is 17.2 Å². The molecule has 0 bridgehead atoms. The standard InChI is InChI=1S/C25H29BrN2O9/c1-34-19-12-15(13-20(35-2)22(19)36-3)23(31)27-17(9-10-21(29)30)24(32)28-18(25(33)37-4)11-14-5-7-16(26)8-6-14/h5-8,12-13,17-18H,9-11H2,1-4H3,(H,27,31)(H,28,32)(H,29,30)/t17-,18+/m1/s1. The predicted molar refractivity (Wildman–Crippen MR) is 136 cm³/mol. The van der Waals surface area contributed by atoms with Gasteiger partial charge in [-0.25, -0.2) is 4.79 Å². The Labute approximate surface area is 222 Å². The number of nitrogens with one attached hydrogen (secondary N) is 2. The second-order valence-corrected chi connectivity index (χ2v) is 8.70. The Morgan fingerprint density at radius 1 is 0.892 bits per heavy atom. The molecular weight excluding hydrogens is 552 g/mol. The van der Waals surface area contributed by atoms with Gasteiger partial charge in [0.05, 0.1) is 28.4 Å². The van der Waals surface area contributed by atoms with Crippen LogP contribution in [0.25, 0.3) is 0 Å². The normalized spacial score (nSPS) is 12.0. The van der Waals surface area contributed by atoms with E-state index in [1.165, 1.54) is 40.6 Å². The molecule has 2 amide bonds. The van der Waals surface area contributed by atoms with Gasteiger partial charge in [0.25, 0.3) is 5.91 Å². The van der Waals surface area contributed by atoms with Crippen LogP contribution in [0.3, 0.4) is 0 Å². The Bertz CT molecular complexity index is 1100. The van der Waals surface area contributed by atoms with Gasteiger partial charge in [-0.3, -0.25) is 14.4 Å². The van der Waals surface area contributed by atoms with Crippen molar-refractivity contribution in [1.29, 1.82) is 0 Å². The minimum atomic E-state index is -1.26. The van der Waals surface area contributed by atoms with Gasteiger partial charge in [-0.2, -0.15) is 0 Å². The summed E-state index contributed by atoms with van der Waals surface area (Å²) in [5.74, 6) is -2.56. The van der Waals surface area contributed by atoms with Gasteiger partial charge in [0.1, 0.15) is 12.1 Å². The Balaban J connectivity index is 2.28. The minimum Gasteiger partial charge on any atom is -0.493 e. The van der Waals surface area contributed by atoms with Gasteiger partial charge in [-0.05, 0) is 36.2 Å². The number of hydrogen-bond acceptors (Lipinski definition) is 8. The third-order valence-corrected chi connectivity index (χ3v) is 5.88. The third kappa shape index (κ3) is 8.38. The molecule has 0 radical (unpaired) electrons. The van der Waals surface area contributed by atoms with E-state index in [0.717, 1.165) is 10.0 Å². The van der Waals surface area contributed by atoms with Crippen LogP contribution in [-0.4, -0.2) is 69.4 Å². The SMILES string of the molecule is COC(=O)[C@H](Cc1ccc(Br)cc1)NC(=O)[C@@H](CCC(=O)O)NC(=O)c1cc(OC)c(OC)c(OC)c1. The number of aliphatic carboxylic acids is 1. The summed E-state index contributed by atoms with van der Waals surface area (Å²) in [6.45, 7) is 0. The number of carbonyl (C=O) groups is 4. The van der Waals surface area contributed by atoms with Crippen LogP contribution in [-0.2, 0) is 25.5 Å². The molecule has 0 spiro atoms. The van der Waals surface area contributed by atoms with Gasteiger partial charge < -0.3 is 34.7 Å². The van der Waals surface area contributed by atoms with E-state index in [0.29, 0.717) is 0 Å². The minimum absolute atomic E-state index is 0.0852. The summed E-state index contributed by atoms with van der Waals surface area (Å²) in [5, 5.41) is 14.3. The van der Waals surface area contributed by atoms with Crippen molar-refractivity contribution in [3.63, 3.8) is 0 Å².